The predicted molar refractivity (Wildman–Crippen MR) is 91.4 cm³/mol. The first kappa shape index (κ1) is 14.5. The molecule has 1 aromatic heterocycles. The zero-order chi connectivity index (χ0) is 16.7. The molecule has 4 rings (SSSR count). The number of methoxy groups -OCH3 is 1. The van der Waals surface area contributed by atoms with Crippen LogP contribution in [-0.4, -0.2) is 23.2 Å². The minimum Gasteiger partial charge on any atom is -0.497 e. The molecule has 4 heteroatoms. The van der Waals surface area contributed by atoms with E-state index in [1.807, 2.05) is 42.5 Å². The molecule has 0 atom stereocenters. The summed E-state index contributed by atoms with van der Waals surface area (Å²) in [4.78, 5) is 15.9. The molecule has 0 spiro atoms. The Bertz CT molecular complexity index is 963. The van der Waals surface area contributed by atoms with Crippen molar-refractivity contribution in [3.63, 3.8) is 0 Å². The number of hydrogen-bond donors (Lipinski definition) is 1. The Morgan fingerprint density at radius 1 is 1.08 bits per heavy atom. The van der Waals surface area contributed by atoms with Crippen molar-refractivity contribution in [1.29, 1.82) is 0 Å². The quantitative estimate of drug-likeness (QED) is 0.620. The van der Waals surface area contributed by atoms with Crippen molar-refractivity contribution in [2.75, 3.05) is 7.11 Å². The highest BCUT2D eigenvalue weighted by Crippen LogP contribution is 2.41. The number of aromatic nitrogens is 1. The number of pyridine rings is 1. The highest BCUT2D eigenvalue weighted by molar-refractivity contribution is 5.92. The first-order valence-electron chi connectivity index (χ1n) is 7.67. The van der Waals surface area contributed by atoms with Gasteiger partial charge in [-0.25, -0.2) is 9.78 Å². The lowest BCUT2D eigenvalue weighted by molar-refractivity contribution is 0.0690. The Kier molecular flexibility index (Phi) is 3.31. The molecular weight excluding hydrogens is 302 g/mol. The highest BCUT2D eigenvalue weighted by atomic mass is 16.5. The summed E-state index contributed by atoms with van der Waals surface area (Å²) in [6.45, 7) is 0. The van der Waals surface area contributed by atoms with Crippen LogP contribution in [0.3, 0.4) is 0 Å². The molecule has 2 aromatic carbocycles. The van der Waals surface area contributed by atoms with Crippen LogP contribution in [0.4, 0.5) is 0 Å². The van der Waals surface area contributed by atoms with E-state index in [4.69, 9.17) is 4.74 Å². The fraction of sp³-hybridized carbons (Fsp3) is 0.100. The molecule has 0 amide bonds. The van der Waals surface area contributed by atoms with Gasteiger partial charge in [0.2, 0.25) is 0 Å². The summed E-state index contributed by atoms with van der Waals surface area (Å²) in [6, 6.07) is 17.3. The number of ether oxygens (including phenoxy) is 1. The zero-order valence-corrected chi connectivity index (χ0v) is 13.1. The molecule has 24 heavy (non-hydrogen) atoms. The van der Waals surface area contributed by atoms with E-state index in [0.29, 0.717) is 5.69 Å². The fourth-order valence-corrected chi connectivity index (χ4v) is 3.24. The molecule has 1 aliphatic rings. The first-order chi connectivity index (χ1) is 11.7. The predicted octanol–water partition coefficient (Wildman–Crippen LogP) is 4.03. The van der Waals surface area contributed by atoms with E-state index in [1.54, 1.807) is 13.2 Å². The Morgan fingerprint density at radius 3 is 2.71 bits per heavy atom. The topological polar surface area (TPSA) is 59.4 Å². The van der Waals surface area contributed by atoms with E-state index in [0.717, 1.165) is 34.4 Å². The summed E-state index contributed by atoms with van der Waals surface area (Å²) in [7, 11) is 1.61. The van der Waals surface area contributed by atoms with E-state index in [2.05, 4.69) is 11.1 Å². The second-order valence-corrected chi connectivity index (χ2v) is 5.75. The van der Waals surface area contributed by atoms with Gasteiger partial charge in [0.05, 0.1) is 12.8 Å². The third-order valence-electron chi connectivity index (χ3n) is 4.36. The lowest BCUT2D eigenvalue weighted by Gasteiger charge is -2.11. The minimum absolute atomic E-state index is 0.0586. The van der Waals surface area contributed by atoms with Gasteiger partial charge in [0.15, 0.2) is 0 Å². The number of carbonyl (C=O) groups is 1. The lowest BCUT2D eigenvalue weighted by atomic mass is 10.00. The van der Waals surface area contributed by atoms with Crippen molar-refractivity contribution in [3.8, 4) is 28.1 Å². The maximum Gasteiger partial charge on any atom is 0.354 e. The van der Waals surface area contributed by atoms with Crippen LogP contribution in [0.1, 0.15) is 21.6 Å². The molecule has 1 N–H and O–H groups in total. The van der Waals surface area contributed by atoms with Gasteiger partial charge in [-0.2, -0.15) is 0 Å². The fourth-order valence-electron chi connectivity index (χ4n) is 3.24. The molecule has 1 aliphatic carbocycles. The molecule has 1 heterocycles. The number of nitrogens with zero attached hydrogens (tertiary/aromatic N) is 1. The van der Waals surface area contributed by atoms with Gasteiger partial charge < -0.3 is 9.84 Å². The van der Waals surface area contributed by atoms with Gasteiger partial charge in [0.1, 0.15) is 11.4 Å². The van der Waals surface area contributed by atoms with Crippen molar-refractivity contribution < 1.29 is 14.6 Å². The van der Waals surface area contributed by atoms with Crippen LogP contribution in [0.25, 0.3) is 22.4 Å². The van der Waals surface area contributed by atoms with Crippen molar-refractivity contribution in [2.45, 2.75) is 6.42 Å². The summed E-state index contributed by atoms with van der Waals surface area (Å²) in [5.74, 6) is -0.300. The molecule has 118 valence electrons. The normalized spacial score (nSPS) is 11.7. The van der Waals surface area contributed by atoms with E-state index in [-0.39, 0.29) is 5.69 Å². The summed E-state index contributed by atoms with van der Waals surface area (Å²) in [5, 5.41) is 9.45. The van der Waals surface area contributed by atoms with Crippen LogP contribution in [0.5, 0.6) is 5.75 Å². The van der Waals surface area contributed by atoms with E-state index >= 15 is 0 Å². The van der Waals surface area contributed by atoms with Crippen LogP contribution in [0.2, 0.25) is 0 Å². The zero-order valence-electron chi connectivity index (χ0n) is 13.1. The second kappa shape index (κ2) is 5.49. The smallest absolute Gasteiger partial charge is 0.354 e. The number of benzene rings is 2. The van der Waals surface area contributed by atoms with Crippen LogP contribution in [-0.2, 0) is 6.42 Å². The van der Waals surface area contributed by atoms with Gasteiger partial charge in [0, 0.05) is 12.0 Å². The van der Waals surface area contributed by atoms with E-state index < -0.39 is 5.97 Å². The molecule has 3 aromatic rings. The maximum atomic E-state index is 11.5. The Hall–Kier alpha value is -3.14. The van der Waals surface area contributed by atoms with Gasteiger partial charge in [-0.1, -0.05) is 36.4 Å². The van der Waals surface area contributed by atoms with Gasteiger partial charge in [-0.05, 0) is 40.5 Å². The average molecular weight is 317 g/mol. The minimum atomic E-state index is -1.02. The van der Waals surface area contributed by atoms with Crippen molar-refractivity contribution >= 4 is 5.97 Å². The number of aromatic carboxylic acids is 1. The Labute approximate surface area is 139 Å². The Morgan fingerprint density at radius 2 is 1.92 bits per heavy atom. The first-order valence-corrected chi connectivity index (χ1v) is 7.67. The van der Waals surface area contributed by atoms with E-state index in [9.17, 15) is 9.90 Å². The van der Waals surface area contributed by atoms with Gasteiger partial charge in [0.25, 0.3) is 0 Å². The van der Waals surface area contributed by atoms with Gasteiger partial charge in [-0.15, -0.1) is 0 Å². The molecule has 0 radical (unpaired) electrons. The lowest BCUT2D eigenvalue weighted by Crippen LogP contribution is -2.04. The summed E-state index contributed by atoms with van der Waals surface area (Å²) >= 11 is 0. The maximum absolute atomic E-state index is 11.5. The van der Waals surface area contributed by atoms with Crippen molar-refractivity contribution in [3.05, 3.63) is 71.4 Å². The van der Waals surface area contributed by atoms with Crippen LogP contribution in [0, 0.1) is 0 Å². The molecule has 0 saturated carbocycles. The highest BCUT2D eigenvalue weighted by Gasteiger charge is 2.25. The molecule has 0 fully saturated rings. The molecule has 0 aliphatic heterocycles. The third-order valence-corrected chi connectivity index (χ3v) is 4.36. The second-order valence-electron chi connectivity index (χ2n) is 5.75. The molecule has 4 nitrogen and oxygen atoms in total. The Balaban J connectivity index is 1.98. The van der Waals surface area contributed by atoms with Crippen molar-refractivity contribution in [1.82, 2.24) is 4.98 Å². The third kappa shape index (κ3) is 2.24. The summed E-state index contributed by atoms with van der Waals surface area (Å²) in [5.41, 5.74) is 5.93. The summed E-state index contributed by atoms with van der Waals surface area (Å²) < 4.78 is 5.29. The molecule has 0 unspecified atom stereocenters. The standard InChI is InChI=1S/C20H15NO3/c1-24-14-7-4-6-13(9-14)19-17-10-12-5-2-3-8-15(12)16(17)11-18(21-19)20(22)23/h2-9,11H,10H2,1H3,(H,22,23). The van der Waals surface area contributed by atoms with Crippen LogP contribution < -0.4 is 4.74 Å². The van der Waals surface area contributed by atoms with Crippen LogP contribution in [0.15, 0.2) is 54.6 Å². The number of fused-ring (bicyclic) bond motifs is 3. The largest absolute Gasteiger partial charge is 0.497 e. The number of carboxylic acids is 1. The number of hydrogen-bond acceptors (Lipinski definition) is 3. The number of rotatable bonds is 3. The molecule has 0 bridgehead atoms. The van der Waals surface area contributed by atoms with Gasteiger partial charge >= 0.3 is 5.97 Å². The monoisotopic (exact) mass is 317 g/mol. The van der Waals surface area contributed by atoms with E-state index in [1.165, 1.54) is 5.56 Å². The molecule has 0 saturated heterocycles. The summed E-state index contributed by atoms with van der Waals surface area (Å²) in [6.07, 6.45) is 0.755. The van der Waals surface area contributed by atoms with Gasteiger partial charge in [-0.3, -0.25) is 0 Å². The molecular formula is C20H15NO3. The van der Waals surface area contributed by atoms with Crippen LogP contribution >= 0.6 is 0 Å². The SMILES string of the molecule is COc1cccc(-c2nc(C(=O)O)cc3c2Cc2ccccc2-3)c1. The number of carboxylic acid groups (broad SMARTS) is 1. The van der Waals surface area contributed by atoms with Crippen molar-refractivity contribution in [2.24, 2.45) is 0 Å². The average Bonchev–Trinajstić information content (AvgIpc) is 2.99.